The van der Waals surface area contributed by atoms with Crippen molar-refractivity contribution in [3.63, 3.8) is 0 Å². The highest BCUT2D eigenvalue weighted by Gasteiger charge is 2.31. The zero-order chi connectivity index (χ0) is 17.2. The van der Waals surface area contributed by atoms with E-state index in [4.69, 9.17) is 9.47 Å². The SMILES string of the molecule is CC(O)OC(=O)c1c(Br)c(Br)c(Br)c(Br)c1C(=O)OC(C)O. The summed E-state index contributed by atoms with van der Waals surface area (Å²) in [5.74, 6) is -1.87. The molecule has 0 saturated carbocycles. The van der Waals surface area contributed by atoms with Crippen LogP contribution in [0.5, 0.6) is 0 Å². The normalized spacial score (nSPS) is 13.5. The van der Waals surface area contributed by atoms with E-state index in [1.54, 1.807) is 0 Å². The Bertz CT molecular complexity index is 561. The summed E-state index contributed by atoms with van der Waals surface area (Å²) in [6, 6.07) is 0. The molecule has 10 heteroatoms. The Kier molecular flexibility index (Phi) is 7.47. The minimum atomic E-state index is -1.36. The maximum Gasteiger partial charge on any atom is 0.342 e. The van der Waals surface area contributed by atoms with E-state index in [9.17, 15) is 19.8 Å². The second-order valence-corrected chi connectivity index (χ2v) is 7.19. The Morgan fingerprint density at radius 2 is 1.05 bits per heavy atom. The van der Waals surface area contributed by atoms with Crippen molar-refractivity contribution < 1.29 is 29.3 Å². The molecule has 0 aliphatic carbocycles. The van der Waals surface area contributed by atoms with Crippen LogP contribution in [0.4, 0.5) is 0 Å². The van der Waals surface area contributed by atoms with Crippen molar-refractivity contribution in [1.82, 2.24) is 0 Å². The summed E-state index contributed by atoms with van der Waals surface area (Å²) in [5.41, 5.74) is -0.318. The average molecular weight is 570 g/mol. The van der Waals surface area contributed by atoms with Gasteiger partial charge in [-0.2, -0.15) is 0 Å². The topological polar surface area (TPSA) is 93.1 Å². The Morgan fingerprint density at radius 1 is 0.773 bits per heavy atom. The number of aliphatic hydroxyl groups is 2. The average Bonchev–Trinajstić information content (AvgIpc) is 2.38. The van der Waals surface area contributed by atoms with E-state index in [0.29, 0.717) is 8.95 Å². The van der Waals surface area contributed by atoms with Gasteiger partial charge < -0.3 is 19.7 Å². The van der Waals surface area contributed by atoms with Crippen molar-refractivity contribution in [2.75, 3.05) is 0 Å². The molecule has 122 valence electrons. The molecule has 6 nitrogen and oxygen atoms in total. The lowest BCUT2D eigenvalue weighted by Gasteiger charge is -2.17. The molecule has 1 rings (SSSR count). The second kappa shape index (κ2) is 8.20. The van der Waals surface area contributed by atoms with Crippen molar-refractivity contribution >= 4 is 75.7 Å². The van der Waals surface area contributed by atoms with Gasteiger partial charge in [-0.3, -0.25) is 0 Å². The number of carbonyl (C=O) groups excluding carboxylic acids is 2. The number of benzene rings is 1. The summed E-state index contributed by atoms with van der Waals surface area (Å²) >= 11 is 12.9. The molecule has 2 atom stereocenters. The zero-order valence-corrected chi connectivity index (χ0v) is 17.5. The molecule has 1 aromatic carbocycles. The Labute approximate surface area is 159 Å². The van der Waals surface area contributed by atoms with Crippen LogP contribution in [0.1, 0.15) is 34.6 Å². The minimum Gasteiger partial charge on any atom is -0.433 e. The first kappa shape index (κ1) is 20.0. The van der Waals surface area contributed by atoms with E-state index in [-0.39, 0.29) is 20.1 Å². The number of carbonyl (C=O) groups is 2. The maximum absolute atomic E-state index is 12.2. The number of halogens is 4. The Hall–Kier alpha value is -0.000000000000000187. The molecule has 1 aromatic rings. The summed E-state index contributed by atoms with van der Waals surface area (Å²) in [7, 11) is 0. The molecule has 0 saturated heterocycles. The molecular formula is C12H10Br4O6. The van der Waals surface area contributed by atoms with Gasteiger partial charge in [-0.25, -0.2) is 9.59 Å². The predicted molar refractivity (Wildman–Crippen MR) is 91.4 cm³/mol. The molecule has 22 heavy (non-hydrogen) atoms. The largest absolute Gasteiger partial charge is 0.433 e. The van der Waals surface area contributed by atoms with Crippen LogP contribution >= 0.6 is 63.7 Å². The van der Waals surface area contributed by atoms with Gasteiger partial charge >= 0.3 is 11.9 Å². The van der Waals surface area contributed by atoms with Gasteiger partial charge in [0.2, 0.25) is 0 Å². The standard InChI is InChI=1S/C12H10Br4O6/c1-3(17)21-11(19)5-6(12(20)22-4(2)18)8(14)10(16)9(15)7(5)13/h3-4,17-18H,1-2H3. The van der Waals surface area contributed by atoms with Crippen molar-refractivity contribution in [2.24, 2.45) is 0 Å². The number of hydrogen-bond donors (Lipinski definition) is 2. The highest BCUT2D eigenvalue weighted by molar-refractivity contribution is 9.15. The molecule has 2 unspecified atom stereocenters. The van der Waals surface area contributed by atoms with Gasteiger partial charge in [0, 0.05) is 17.9 Å². The molecule has 0 bridgehead atoms. The second-order valence-electron chi connectivity index (χ2n) is 4.02. The first-order valence-electron chi connectivity index (χ1n) is 5.71. The number of aliphatic hydroxyl groups excluding tert-OH is 2. The summed E-state index contributed by atoms with van der Waals surface area (Å²) in [6.45, 7) is 2.51. The van der Waals surface area contributed by atoms with E-state index >= 15 is 0 Å². The maximum atomic E-state index is 12.2. The molecule has 0 spiro atoms. The van der Waals surface area contributed by atoms with E-state index in [0.717, 1.165) is 0 Å². The van der Waals surface area contributed by atoms with Crippen LogP contribution in [0.2, 0.25) is 0 Å². The van der Waals surface area contributed by atoms with Crippen LogP contribution in [-0.2, 0) is 9.47 Å². The molecule has 0 aliphatic heterocycles. The fourth-order valence-electron chi connectivity index (χ4n) is 1.44. The highest BCUT2D eigenvalue weighted by atomic mass is 79.9. The third kappa shape index (κ3) is 4.51. The van der Waals surface area contributed by atoms with Crippen LogP contribution in [0, 0.1) is 0 Å². The Morgan fingerprint density at radius 3 is 1.27 bits per heavy atom. The molecule has 0 amide bonds. The fourth-order valence-corrected chi connectivity index (χ4v) is 3.88. The van der Waals surface area contributed by atoms with E-state index in [2.05, 4.69) is 63.7 Å². The summed E-state index contributed by atoms with van der Waals surface area (Å²) in [4.78, 5) is 24.3. The minimum absolute atomic E-state index is 0.159. The lowest BCUT2D eigenvalue weighted by atomic mass is 10.1. The van der Waals surface area contributed by atoms with Crippen molar-refractivity contribution in [3.05, 3.63) is 29.0 Å². The van der Waals surface area contributed by atoms with Gasteiger partial charge in [-0.1, -0.05) is 0 Å². The third-order valence-electron chi connectivity index (χ3n) is 2.23. The third-order valence-corrected chi connectivity index (χ3v) is 7.00. The summed E-state index contributed by atoms with van der Waals surface area (Å²) in [5, 5.41) is 18.4. The monoisotopic (exact) mass is 566 g/mol. The highest BCUT2D eigenvalue weighted by Crippen LogP contribution is 2.42. The van der Waals surface area contributed by atoms with Crippen LogP contribution in [0.25, 0.3) is 0 Å². The predicted octanol–water partition coefficient (Wildman–Crippen LogP) is 3.73. The number of rotatable bonds is 4. The molecule has 0 fully saturated rings. The smallest absolute Gasteiger partial charge is 0.342 e. The van der Waals surface area contributed by atoms with Gasteiger partial charge in [-0.15, -0.1) is 0 Å². The number of esters is 2. The van der Waals surface area contributed by atoms with Crippen molar-refractivity contribution in [2.45, 2.75) is 26.4 Å². The quantitative estimate of drug-likeness (QED) is 0.249. The van der Waals surface area contributed by atoms with Gasteiger partial charge in [0.1, 0.15) is 0 Å². The van der Waals surface area contributed by atoms with E-state index in [1.807, 2.05) is 0 Å². The molecule has 0 heterocycles. The van der Waals surface area contributed by atoms with Crippen molar-refractivity contribution in [3.8, 4) is 0 Å². The molecule has 0 radical (unpaired) electrons. The fraction of sp³-hybridized carbons (Fsp3) is 0.333. The van der Waals surface area contributed by atoms with E-state index in [1.165, 1.54) is 13.8 Å². The van der Waals surface area contributed by atoms with E-state index < -0.39 is 24.5 Å². The van der Waals surface area contributed by atoms with Crippen molar-refractivity contribution in [1.29, 1.82) is 0 Å². The van der Waals surface area contributed by atoms with Gasteiger partial charge in [0.25, 0.3) is 0 Å². The number of ether oxygens (including phenoxy) is 2. The lowest BCUT2D eigenvalue weighted by molar-refractivity contribution is -0.0562. The molecule has 2 N–H and O–H groups in total. The molecular weight excluding hydrogens is 560 g/mol. The zero-order valence-electron chi connectivity index (χ0n) is 11.2. The number of hydrogen-bond acceptors (Lipinski definition) is 6. The molecule has 0 aliphatic rings. The van der Waals surface area contributed by atoms with Crippen LogP contribution in [0.15, 0.2) is 17.9 Å². The summed E-state index contributed by atoms with van der Waals surface area (Å²) < 4.78 is 10.8. The van der Waals surface area contributed by atoms with Crippen LogP contribution < -0.4 is 0 Å². The van der Waals surface area contributed by atoms with Gasteiger partial charge in [0.15, 0.2) is 12.6 Å². The molecule has 0 aromatic heterocycles. The van der Waals surface area contributed by atoms with Crippen LogP contribution in [-0.4, -0.2) is 34.7 Å². The Balaban J connectivity index is 3.58. The van der Waals surface area contributed by atoms with Gasteiger partial charge in [0.05, 0.1) is 11.1 Å². The van der Waals surface area contributed by atoms with Crippen LogP contribution in [0.3, 0.4) is 0 Å². The first-order valence-corrected chi connectivity index (χ1v) is 8.89. The first-order chi connectivity index (χ1) is 10.1. The van der Waals surface area contributed by atoms with Gasteiger partial charge in [-0.05, 0) is 77.6 Å². The summed E-state index contributed by atoms with van der Waals surface area (Å²) in [6.07, 6.45) is -2.72. The lowest BCUT2D eigenvalue weighted by Crippen LogP contribution is -2.22.